The number of para-hydroxylation sites is 2. The number of aromatic nitrogens is 2. The molecule has 0 aliphatic heterocycles. The van der Waals surface area contributed by atoms with Crippen molar-refractivity contribution in [1.29, 1.82) is 0 Å². The number of amides is 2. The van der Waals surface area contributed by atoms with Crippen LogP contribution < -0.4 is 29.8 Å². The molecule has 2 heterocycles. The molecule has 19 nitrogen and oxygen atoms in total. The van der Waals surface area contributed by atoms with Crippen molar-refractivity contribution in [2.75, 3.05) is 20.8 Å². The number of hydrogen-bond donors (Lipinski definition) is 4. The molecule has 0 radical (unpaired) electrons. The minimum Gasteiger partial charge on any atom is -0.497 e. The largest absolute Gasteiger partial charge is 0.497 e. The van der Waals surface area contributed by atoms with Crippen LogP contribution in [0.4, 0.5) is 14.4 Å². The quantitative estimate of drug-likeness (QED) is 0.0374. The zero-order chi connectivity index (χ0) is 47.7. The van der Waals surface area contributed by atoms with E-state index in [1.54, 1.807) is 108 Å². The maximum Gasteiger partial charge on any atom is 0.419 e. The number of hydrazine groups is 1. The fourth-order valence-corrected chi connectivity index (χ4v) is 7.38. The van der Waals surface area contributed by atoms with E-state index in [1.807, 2.05) is 4.83 Å². The van der Waals surface area contributed by atoms with E-state index in [1.165, 1.54) is 41.8 Å². The van der Waals surface area contributed by atoms with Crippen molar-refractivity contribution in [3.63, 3.8) is 0 Å². The fourth-order valence-electron chi connectivity index (χ4n) is 6.53. The predicted molar refractivity (Wildman–Crippen MR) is 239 cm³/mol. The van der Waals surface area contributed by atoms with Crippen molar-refractivity contribution >= 4 is 62.2 Å². The lowest BCUT2D eigenvalue weighted by atomic mass is 10.0. The number of carbonyl (C=O) groups excluding carboxylic acids is 5. The van der Waals surface area contributed by atoms with Gasteiger partial charge in [-0.2, -0.15) is 13.1 Å². The standard InChI is InChI=1S/C45H54N6O13S/c1-10-21-61-41(54)46-34(22-29-25-50(42(55)63-44(2,3)4)36-17-13-11-15-32(29)36)39(52)47-49-65(57,58)48-35(40(53)62-27-28-19-20-31(59-8)24-38(28)60-9)23-30-26-51(43(56)64-45(5,6)7)37-18-14-12-16-33(30)37/h10-20,24-26,34-35,48-49H,1,21-23,27H2,2-9H3,(H,46,54)(H,47,52)/t34-,35+/m1/s1. The number of methoxy groups -OCH3 is 2. The number of benzene rings is 3. The van der Waals surface area contributed by atoms with Gasteiger partial charge in [-0.05, 0) is 76.9 Å². The van der Waals surface area contributed by atoms with E-state index in [4.69, 9.17) is 28.4 Å². The van der Waals surface area contributed by atoms with Crippen molar-refractivity contribution in [3.8, 4) is 11.5 Å². The van der Waals surface area contributed by atoms with Gasteiger partial charge in [0.25, 0.3) is 16.1 Å². The highest BCUT2D eigenvalue weighted by molar-refractivity contribution is 7.87. The second-order valence-electron chi connectivity index (χ2n) is 16.6. The highest BCUT2D eigenvalue weighted by Crippen LogP contribution is 2.28. The normalized spacial score (nSPS) is 12.7. The minimum atomic E-state index is -4.84. The average molecular weight is 919 g/mol. The summed E-state index contributed by atoms with van der Waals surface area (Å²) in [4.78, 5) is 69.0. The molecule has 2 amide bonds. The van der Waals surface area contributed by atoms with Gasteiger partial charge in [0.1, 0.15) is 48.0 Å². The Hall–Kier alpha value is -6.90. The summed E-state index contributed by atoms with van der Waals surface area (Å²) in [6.45, 7) is 13.2. The molecule has 0 unspecified atom stereocenters. The van der Waals surface area contributed by atoms with Crippen molar-refractivity contribution in [3.05, 3.63) is 108 Å². The van der Waals surface area contributed by atoms with Crippen LogP contribution in [0.15, 0.2) is 91.8 Å². The molecule has 20 heteroatoms. The van der Waals surface area contributed by atoms with Crippen LogP contribution >= 0.6 is 0 Å². The molecule has 0 fully saturated rings. The summed E-state index contributed by atoms with van der Waals surface area (Å²) in [5.74, 6) is -1.26. The number of nitrogens with one attached hydrogen (secondary N) is 4. The minimum absolute atomic E-state index is 0.201. The molecule has 0 saturated carbocycles. The molecule has 0 bridgehead atoms. The summed E-state index contributed by atoms with van der Waals surface area (Å²) < 4.78 is 64.9. The molecular formula is C45H54N6O13S. The molecule has 0 saturated heterocycles. The van der Waals surface area contributed by atoms with E-state index in [-0.39, 0.29) is 26.1 Å². The number of hydrogen-bond acceptors (Lipinski definition) is 13. The van der Waals surface area contributed by atoms with Gasteiger partial charge in [-0.25, -0.2) is 14.4 Å². The van der Waals surface area contributed by atoms with E-state index < -0.39 is 63.7 Å². The van der Waals surface area contributed by atoms with Gasteiger partial charge >= 0.3 is 24.2 Å². The first-order valence-corrected chi connectivity index (χ1v) is 21.8. The lowest BCUT2D eigenvalue weighted by Crippen LogP contribution is -2.57. The van der Waals surface area contributed by atoms with Crippen LogP contribution in [-0.2, 0) is 58.2 Å². The number of carbonyl (C=O) groups is 5. The molecule has 4 N–H and O–H groups in total. The van der Waals surface area contributed by atoms with E-state index in [0.29, 0.717) is 50.0 Å². The molecule has 5 rings (SSSR count). The van der Waals surface area contributed by atoms with Gasteiger partial charge in [0.05, 0.1) is 25.3 Å². The first-order chi connectivity index (χ1) is 30.6. The Morgan fingerprint density at radius 2 is 1.26 bits per heavy atom. The van der Waals surface area contributed by atoms with Gasteiger partial charge in [-0.3, -0.25) is 24.1 Å². The maximum absolute atomic E-state index is 13.9. The highest BCUT2D eigenvalue weighted by Gasteiger charge is 2.31. The van der Waals surface area contributed by atoms with Gasteiger partial charge in [0, 0.05) is 47.6 Å². The Kier molecular flexibility index (Phi) is 15.7. The van der Waals surface area contributed by atoms with Gasteiger partial charge in [-0.1, -0.05) is 49.1 Å². The van der Waals surface area contributed by atoms with Crippen molar-refractivity contribution in [2.24, 2.45) is 0 Å². The predicted octanol–water partition coefficient (Wildman–Crippen LogP) is 5.81. The molecule has 2 atom stereocenters. The summed E-state index contributed by atoms with van der Waals surface area (Å²) in [6, 6.07) is 15.3. The topological polar surface area (TPSA) is 233 Å². The van der Waals surface area contributed by atoms with E-state index in [0.717, 1.165) is 0 Å². The van der Waals surface area contributed by atoms with Crippen molar-refractivity contribution in [2.45, 2.75) is 84.3 Å². The molecule has 65 heavy (non-hydrogen) atoms. The summed E-state index contributed by atoms with van der Waals surface area (Å²) >= 11 is 0. The van der Waals surface area contributed by atoms with Crippen LogP contribution in [-0.4, -0.2) is 91.8 Å². The average Bonchev–Trinajstić information content (AvgIpc) is 3.80. The number of fused-ring (bicyclic) bond motifs is 2. The monoisotopic (exact) mass is 918 g/mol. The van der Waals surface area contributed by atoms with Crippen LogP contribution in [0.1, 0.15) is 58.2 Å². The number of esters is 1. The summed E-state index contributed by atoms with van der Waals surface area (Å²) in [5, 5.41) is 3.48. The third-order valence-corrected chi connectivity index (χ3v) is 10.3. The molecule has 0 spiro atoms. The molecule has 3 aromatic carbocycles. The number of nitrogens with zero attached hydrogens (tertiary/aromatic N) is 2. The summed E-state index contributed by atoms with van der Waals surface area (Å²) in [7, 11) is -1.94. The second-order valence-corrected chi connectivity index (χ2v) is 18.0. The van der Waals surface area contributed by atoms with E-state index in [2.05, 4.69) is 22.0 Å². The molecular weight excluding hydrogens is 865 g/mol. The third kappa shape index (κ3) is 13.3. The SMILES string of the molecule is C=CCOC(=O)N[C@H](Cc1cn(C(=O)OC(C)(C)C)c2ccccc12)C(=O)NNS(=O)(=O)N[C@@H](Cc1cn(C(=O)OC(C)(C)C)c2ccccc12)C(=O)OCc1ccc(OC)cc1OC. The molecule has 5 aromatic rings. The van der Waals surface area contributed by atoms with Crippen LogP contribution in [0.2, 0.25) is 0 Å². The Morgan fingerprint density at radius 3 is 1.77 bits per heavy atom. The first-order valence-electron chi connectivity index (χ1n) is 20.3. The fraction of sp³-hybridized carbons (Fsp3) is 0.356. The van der Waals surface area contributed by atoms with E-state index in [9.17, 15) is 32.4 Å². The zero-order valence-corrected chi connectivity index (χ0v) is 38.2. The molecule has 2 aromatic heterocycles. The molecule has 0 aliphatic carbocycles. The molecule has 0 aliphatic rings. The summed E-state index contributed by atoms with van der Waals surface area (Å²) in [6.07, 6.45) is 1.19. The second kappa shape index (κ2) is 20.7. The van der Waals surface area contributed by atoms with Crippen molar-refractivity contribution < 1.29 is 60.8 Å². The molecule has 348 valence electrons. The van der Waals surface area contributed by atoms with E-state index >= 15 is 0 Å². The Morgan fingerprint density at radius 1 is 0.723 bits per heavy atom. The number of rotatable bonds is 17. The van der Waals surface area contributed by atoms with Gasteiger partial charge in [0.2, 0.25) is 0 Å². The van der Waals surface area contributed by atoms with Crippen LogP contribution in [0, 0.1) is 0 Å². The highest BCUT2D eigenvalue weighted by atomic mass is 32.2. The third-order valence-electron chi connectivity index (χ3n) is 9.31. The lowest BCUT2D eigenvalue weighted by molar-refractivity contribution is -0.147. The van der Waals surface area contributed by atoms with Gasteiger partial charge in [0.15, 0.2) is 0 Å². The number of alkyl carbamates (subject to hydrolysis) is 1. The number of ether oxygens (including phenoxy) is 6. The van der Waals surface area contributed by atoms with Crippen molar-refractivity contribution in [1.82, 2.24) is 29.4 Å². The Labute approximate surface area is 376 Å². The van der Waals surface area contributed by atoms with Crippen LogP contribution in [0.5, 0.6) is 11.5 Å². The van der Waals surface area contributed by atoms with Crippen LogP contribution in [0.3, 0.4) is 0 Å². The Balaban J connectivity index is 1.43. The first kappa shape index (κ1) is 49.1. The van der Waals surface area contributed by atoms with Crippen LogP contribution in [0.25, 0.3) is 21.8 Å². The Bertz CT molecular complexity index is 2680. The van der Waals surface area contributed by atoms with Gasteiger partial charge in [-0.15, -0.1) is 4.83 Å². The maximum atomic E-state index is 13.9. The summed E-state index contributed by atoms with van der Waals surface area (Å²) in [5.41, 5.74) is 2.54. The lowest BCUT2D eigenvalue weighted by Gasteiger charge is -2.21. The smallest absolute Gasteiger partial charge is 0.419 e. The van der Waals surface area contributed by atoms with Gasteiger partial charge < -0.3 is 33.7 Å². The zero-order valence-electron chi connectivity index (χ0n) is 37.4.